The van der Waals surface area contributed by atoms with Crippen LogP contribution in [0, 0.1) is 28.6 Å². The zero-order valence-electron chi connectivity index (χ0n) is 17.8. The SMILES string of the molecule is C[C@]12CC[C@H]3[C@@H](CC=C4C[C@H](O)CC[C@@]43C)[C@@H]1CC[C@@H]2c1ccc2cn[nH]c2c1. The summed E-state index contributed by atoms with van der Waals surface area (Å²) in [6.07, 6.45) is 14.2. The first-order chi connectivity index (χ1) is 14.0. The average molecular weight is 391 g/mol. The van der Waals surface area contributed by atoms with E-state index in [0.717, 1.165) is 30.6 Å². The van der Waals surface area contributed by atoms with E-state index in [4.69, 9.17) is 0 Å². The van der Waals surface area contributed by atoms with Crippen molar-refractivity contribution in [3.8, 4) is 0 Å². The summed E-state index contributed by atoms with van der Waals surface area (Å²) in [5.41, 5.74) is 5.05. The number of nitrogens with one attached hydrogen (secondary N) is 1. The fraction of sp³-hybridized carbons (Fsp3) is 0.654. The van der Waals surface area contributed by atoms with Gasteiger partial charge in [0.2, 0.25) is 0 Å². The molecular weight excluding hydrogens is 356 g/mol. The van der Waals surface area contributed by atoms with Gasteiger partial charge in [0.05, 0.1) is 17.8 Å². The highest BCUT2D eigenvalue weighted by molar-refractivity contribution is 5.78. The minimum atomic E-state index is -0.104. The van der Waals surface area contributed by atoms with Gasteiger partial charge in [-0.3, -0.25) is 5.10 Å². The minimum Gasteiger partial charge on any atom is -0.393 e. The van der Waals surface area contributed by atoms with Crippen molar-refractivity contribution < 1.29 is 5.11 Å². The smallest absolute Gasteiger partial charge is 0.0653 e. The molecule has 3 heteroatoms. The molecule has 2 aromatic rings. The predicted molar refractivity (Wildman–Crippen MR) is 117 cm³/mol. The van der Waals surface area contributed by atoms with Crippen molar-refractivity contribution in [2.24, 2.45) is 28.6 Å². The maximum atomic E-state index is 10.2. The Balaban J connectivity index is 1.33. The summed E-state index contributed by atoms with van der Waals surface area (Å²) in [6.45, 7) is 5.14. The van der Waals surface area contributed by atoms with Crippen LogP contribution < -0.4 is 0 Å². The maximum Gasteiger partial charge on any atom is 0.0653 e. The van der Waals surface area contributed by atoms with Crippen molar-refractivity contribution in [1.82, 2.24) is 10.2 Å². The van der Waals surface area contributed by atoms with E-state index < -0.39 is 0 Å². The molecule has 4 aliphatic carbocycles. The number of aliphatic hydroxyl groups excluding tert-OH is 1. The monoisotopic (exact) mass is 390 g/mol. The van der Waals surface area contributed by atoms with Crippen LogP contribution in [0.25, 0.3) is 10.9 Å². The standard InChI is InChI=1S/C26H34N2O/c1-25-11-9-19(29)14-18(25)5-6-20-22-8-7-21(26(22,2)12-10-23(20)25)16-3-4-17-15-27-28-24(17)13-16/h3-5,13,15,19-23,29H,6-12,14H2,1-2H3,(H,27,28)/t19-,20+,21-,22+,23+,25+,26-/m1/s1. The first-order valence-corrected chi connectivity index (χ1v) is 11.8. The first kappa shape index (κ1) is 18.2. The maximum absolute atomic E-state index is 10.2. The van der Waals surface area contributed by atoms with Crippen LogP contribution in [0.15, 0.2) is 36.0 Å². The molecule has 6 rings (SSSR count). The zero-order chi connectivity index (χ0) is 19.8. The van der Waals surface area contributed by atoms with Crippen molar-refractivity contribution in [2.45, 2.75) is 77.2 Å². The third-order valence-corrected chi connectivity index (χ3v) is 9.95. The van der Waals surface area contributed by atoms with E-state index in [2.05, 4.69) is 48.3 Å². The Bertz CT molecular complexity index is 976. The number of aliphatic hydroxyl groups is 1. The highest BCUT2D eigenvalue weighted by Gasteiger charge is 2.58. The summed E-state index contributed by atoms with van der Waals surface area (Å²) in [5.74, 6) is 3.17. The van der Waals surface area contributed by atoms with Gasteiger partial charge in [-0.2, -0.15) is 5.10 Å². The van der Waals surface area contributed by atoms with Crippen molar-refractivity contribution in [1.29, 1.82) is 0 Å². The van der Waals surface area contributed by atoms with E-state index in [1.54, 1.807) is 5.57 Å². The summed E-state index contributed by atoms with van der Waals surface area (Å²) in [4.78, 5) is 0. The molecule has 0 radical (unpaired) electrons. The van der Waals surface area contributed by atoms with Gasteiger partial charge in [0.1, 0.15) is 0 Å². The van der Waals surface area contributed by atoms with E-state index in [1.807, 2.05) is 6.20 Å². The summed E-state index contributed by atoms with van der Waals surface area (Å²) < 4.78 is 0. The van der Waals surface area contributed by atoms with E-state index in [-0.39, 0.29) is 6.10 Å². The second-order valence-electron chi connectivity index (χ2n) is 11.0. The number of H-pyrrole nitrogens is 1. The van der Waals surface area contributed by atoms with E-state index in [9.17, 15) is 5.11 Å². The Morgan fingerprint density at radius 3 is 2.86 bits per heavy atom. The van der Waals surface area contributed by atoms with Gasteiger partial charge >= 0.3 is 0 Å². The van der Waals surface area contributed by atoms with Crippen LogP contribution in [0.1, 0.15) is 76.7 Å². The lowest BCUT2D eigenvalue weighted by molar-refractivity contribution is -0.0409. The second kappa shape index (κ2) is 6.20. The summed E-state index contributed by atoms with van der Waals surface area (Å²) in [7, 11) is 0. The number of allylic oxidation sites excluding steroid dienone is 1. The Morgan fingerprint density at radius 1 is 1.07 bits per heavy atom. The molecule has 3 nitrogen and oxygen atoms in total. The Hall–Kier alpha value is -1.61. The number of aromatic nitrogens is 2. The van der Waals surface area contributed by atoms with Gasteiger partial charge in [-0.1, -0.05) is 37.6 Å². The van der Waals surface area contributed by atoms with Gasteiger partial charge < -0.3 is 5.11 Å². The second-order valence-corrected chi connectivity index (χ2v) is 11.0. The minimum absolute atomic E-state index is 0.104. The van der Waals surface area contributed by atoms with Gasteiger partial charge in [0.25, 0.3) is 0 Å². The molecule has 0 bridgehead atoms. The van der Waals surface area contributed by atoms with E-state index >= 15 is 0 Å². The van der Waals surface area contributed by atoms with E-state index in [1.165, 1.54) is 55.0 Å². The third kappa shape index (κ3) is 2.49. The van der Waals surface area contributed by atoms with Crippen LogP contribution in [0.3, 0.4) is 0 Å². The molecule has 0 spiro atoms. The largest absolute Gasteiger partial charge is 0.393 e. The number of benzene rings is 1. The molecule has 1 heterocycles. The molecule has 4 aliphatic rings. The quantitative estimate of drug-likeness (QED) is 0.589. The van der Waals surface area contributed by atoms with Crippen molar-refractivity contribution in [3.05, 3.63) is 41.6 Å². The normalized spacial score (nSPS) is 44.1. The lowest BCUT2D eigenvalue weighted by Crippen LogP contribution is -2.50. The molecule has 154 valence electrons. The predicted octanol–water partition coefficient (Wildman–Crippen LogP) is 5.97. The summed E-state index contributed by atoms with van der Waals surface area (Å²) >= 11 is 0. The molecule has 3 fully saturated rings. The highest BCUT2D eigenvalue weighted by atomic mass is 16.3. The highest BCUT2D eigenvalue weighted by Crippen LogP contribution is 2.68. The first-order valence-electron chi connectivity index (χ1n) is 11.8. The van der Waals surface area contributed by atoms with Crippen LogP contribution in [-0.4, -0.2) is 21.4 Å². The number of fused-ring (bicyclic) bond motifs is 6. The molecule has 3 saturated carbocycles. The summed E-state index contributed by atoms with van der Waals surface area (Å²) in [6, 6.07) is 6.99. The Labute approximate surface area is 174 Å². The molecule has 7 atom stereocenters. The van der Waals surface area contributed by atoms with Crippen LogP contribution >= 0.6 is 0 Å². The number of nitrogens with zero attached hydrogens (tertiary/aromatic N) is 1. The molecular formula is C26H34N2O. The molecule has 0 saturated heterocycles. The van der Waals surface area contributed by atoms with Gasteiger partial charge in [-0.25, -0.2) is 0 Å². The molecule has 1 aromatic heterocycles. The Kier molecular flexibility index (Phi) is 3.89. The van der Waals surface area contributed by atoms with Crippen molar-refractivity contribution in [2.75, 3.05) is 0 Å². The number of hydrogen-bond donors (Lipinski definition) is 2. The molecule has 1 aromatic carbocycles. The fourth-order valence-electron chi connectivity index (χ4n) is 8.36. The lowest BCUT2D eigenvalue weighted by Gasteiger charge is -2.58. The molecule has 29 heavy (non-hydrogen) atoms. The van der Waals surface area contributed by atoms with Crippen LogP contribution in [0.4, 0.5) is 0 Å². The van der Waals surface area contributed by atoms with Gasteiger partial charge in [-0.15, -0.1) is 0 Å². The summed E-state index contributed by atoms with van der Waals surface area (Å²) in [5, 5.41) is 18.8. The Morgan fingerprint density at radius 2 is 1.97 bits per heavy atom. The lowest BCUT2D eigenvalue weighted by atomic mass is 9.47. The molecule has 0 unspecified atom stereocenters. The van der Waals surface area contributed by atoms with Crippen LogP contribution in [0.2, 0.25) is 0 Å². The molecule has 0 aliphatic heterocycles. The fourth-order valence-corrected chi connectivity index (χ4v) is 8.36. The molecule has 2 N–H and O–H groups in total. The van der Waals surface area contributed by atoms with E-state index in [0.29, 0.717) is 16.7 Å². The average Bonchev–Trinajstić information content (AvgIpc) is 3.31. The van der Waals surface area contributed by atoms with Crippen molar-refractivity contribution >= 4 is 10.9 Å². The molecule has 0 amide bonds. The van der Waals surface area contributed by atoms with Crippen molar-refractivity contribution in [3.63, 3.8) is 0 Å². The zero-order valence-corrected chi connectivity index (χ0v) is 17.8. The number of hydrogen-bond acceptors (Lipinski definition) is 2. The van der Waals surface area contributed by atoms with Gasteiger partial charge in [-0.05, 0) is 97.5 Å². The van der Waals surface area contributed by atoms with Crippen LogP contribution in [0.5, 0.6) is 0 Å². The van der Waals surface area contributed by atoms with Gasteiger partial charge in [0.15, 0.2) is 0 Å². The third-order valence-electron chi connectivity index (χ3n) is 9.95. The topological polar surface area (TPSA) is 48.9 Å². The van der Waals surface area contributed by atoms with Crippen LogP contribution in [-0.2, 0) is 0 Å². The number of rotatable bonds is 1. The number of aromatic amines is 1. The van der Waals surface area contributed by atoms with Gasteiger partial charge in [0, 0.05) is 5.39 Å².